The van der Waals surface area contributed by atoms with Gasteiger partial charge in [0.25, 0.3) is 0 Å². The van der Waals surface area contributed by atoms with Gasteiger partial charge in [0.05, 0.1) is 32.3 Å². The molecule has 0 aliphatic heterocycles. The van der Waals surface area contributed by atoms with E-state index in [1.54, 1.807) is 18.2 Å². The maximum absolute atomic E-state index is 12.4. The Balaban J connectivity index is 2.12. The number of ether oxygens (including phenoxy) is 4. The van der Waals surface area contributed by atoms with Crippen LogP contribution in [0, 0.1) is 5.92 Å². The van der Waals surface area contributed by atoms with Crippen LogP contribution in [0.25, 0.3) is 0 Å². The molecule has 1 aliphatic rings. The average molecular weight is 336 g/mol. The molecule has 0 radical (unpaired) electrons. The van der Waals surface area contributed by atoms with Crippen LogP contribution in [-0.2, 0) is 14.3 Å². The summed E-state index contributed by atoms with van der Waals surface area (Å²) in [5.41, 5.74) is 0.365. The van der Waals surface area contributed by atoms with Gasteiger partial charge in [-0.2, -0.15) is 0 Å². The van der Waals surface area contributed by atoms with Crippen LogP contribution in [0.4, 0.5) is 0 Å². The highest BCUT2D eigenvalue weighted by atomic mass is 16.6. The molecule has 1 fully saturated rings. The monoisotopic (exact) mass is 336 g/mol. The summed E-state index contributed by atoms with van der Waals surface area (Å²) >= 11 is 0. The minimum absolute atomic E-state index is 0.322. The molecule has 1 saturated carbocycles. The lowest BCUT2D eigenvalue weighted by Gasteiger charge is -2.29. The largest absolute Gasteiger partial charge is 0.493 e. The number of carbonyl (C=O) groups excluding carboxylic acids is 2. The third-order valence-electron chi connectivity index (χ3n) is 4.16. The fourth-order valence-corrected chi connectivity index (χ4v) is 2.93. The normalized spacial score (nSPS) is 20.1. The fraction of sp³-hybridized carbons (Fsp3) is 0.556. The summed E-state index contributed by atoms with van der Waals surface area (Å²) in [4.78, 5) is 24.3. The van der Waals surface area contributed by atoms with E-state index in [1.807, 2.05) is 6.92 Å². The van der Waals surface area contributed by atoms with E-state index >= 15 is 0 Å². The van der Waals surface area contributed by atoms with Crippen LogP contribution in [-0.4, -0.2) is 38.9 Å². The highest BCUT2D eigenvalue weighted by molar-refractivity contribution is 5.90. The van der Waals surface area contributed by atoms with Crippen LogP contribution >= 0.6 is 0 Å². The molecule has 1 aromatic carbocycles. The minimum atomic E-state index is -0.475. The van der Waals surface area contributed by atoms with Crippen molar-refractivity contribution in [1.82, 2.24) is 0 Å². The Labute approximate surface area is 142 Å². The van der Waals surface area contributed by atoms with Gasteiger partial charge >= 0.3 is 11.9 Å². The Bertz CT molecular complexity index is 583. The molecule has 0 amide bonds. The number of benzene rings is 1. The molecule has 0 bridgehead atoms. The van der Waals surface area contributed by atoms with E-state index in [0.29, 0.717) is 36.5 Å². The Kier molecular flexibility index (Phi) is 6.46. The fourth-order valence-electron chi connectivity index (χ4n) is 2.93. The maximum atomic E-state index is 12.4. The summed E-state index contributed by atoms with van der Waals surface area (Å²) in [7, 11) is 2.87. The lowest BCUT2D eigenvalue weighted by atomic mass is 9.86. The Morgan fingerprint density at radius 2 is 1.88 bits per heavy atom. The molecule has 0 saturated heterocycles. The molecule has 24 heavy (non-hydrogen) atoms. The Morgan fingerprint density at radius 1 is 1.12 bits per heavy atom. The molecule has 2 atom stereocenters. The first-order chi connectivity index (χ1) is 11.6. The SMILES string of the molecule is CCOc1ccc(C(=O)O[C@H]2CCCC[C@@H]2C(=O)OC)cc1OC. The van der Waals surface area contributed by atoms with Gasteiger partial charge in [-0.25, -0.2) is 4.79 Å². The predicted octanol–water partition coefficient (Wildman–Crippen LogP) is 2.98. The zero-order valence-corrected chi connectivity index (χ0v) is 14.4. The topological polar surface area (TPSA) is 71.1 Å². The van der Waals surface area contributed by atoms with Gasteiger partial charge in [0.15, 0.2) is 11.5 Å². The molecule has 0 heterocycles. The molecule has 6 nitrogen and oxygen atoms in total. The second-order valence-corrected chi connectivity index (χ2v) is 5.66. The molecular formula is C18H24O6. The van der Waals surface area contributed by atoms with Gasteiger partial charge in [-0.3, -0.25) is 4.79 Å². The Hall–Kier alpha value is -2.24. The van der Waals surface area contributed by atoms with Crippen LogP contribution in [0.5, 0.6) is 11.5 Å². The molecule has 6 heteroatoms. The average Bonchev–Trinajstić information content (AvgIpc) is 2.62. The van der Waals surface area contributed by atoms with Crippen LogP contribution < -0.4 is 9.47 Å². The summed E-state index contributed by atoms with van der Waals surface area (Å²) in [5.74, 6) is -0.146. The van der Waals surface area contributed by atoms with Gasteiger partial charge in [0, 0.05) is 0 Å². The van der Waals surface area contributed by atoms with Crippen molar-refractivity contribution in [1.29, 1.82) is 0 Å². The van der Waals surface area contributed by atoms with Gasteiger partial charge in [0.2, 0.25) is 0 Å². The maximum Gasteiger partial charge on any atom is 0.338 e. The number of methoxy groups -OCH3 is 2. The molecule has 0 spiro atoms. The van der Waals surface area contributed by atoms with E-state index in [1.165, 1.54) is 14.2 Å². The number of esters is 2. The van der Waals surface area contributed by atoms with Crippen molar-refractivity contribution in [2.75, 3.05) is 20.8 Å². The first-order valence-electron chi connectivity index (χ1n) is 8.20. The first-order valence-corrected chi connectivity index (χ1v) is 8.20. The van der Waals surface area contributed by atoms with Crippen molar-refractivity contribution >= 4 is 11.9 Å². The molecule has 0 N–H and O–H groups in total. The van der Waals surface area contributed by atoms with Gasteiger partial charge in [0.1, 0.15) is 6.10 Å². The summed E-state index contributed by atoms with van der Waals surface area (Å²) in [6, 6.07) is 4.90. The predicted molar refractivity (Wildman–Crippen MR) is 87.3 cm³/mol. The molecule has 0 aromatic heterocycles. The molecule has 1 aliphatic carbocycles. The van der Waals surface area contributed by atoms with Gasteiger partial charge in [-0.15, -0.1) is 0 Å². The summed E-state index contributed by atoms with van der Waals surface area (Å²) < 4.78 is 21.1. The van der Waals surface area contributed by atoms with Gasteiger partial charge < -0.3 is 18.9 Å². The van der Waals surface area contributed by atoms with Crippen molar-refractivity contribution in [3.8, 4) is 11.5 Å². The van der Waals surface area contributed by atoms with Crippen LogP contribution in [0.15, 0.2) is 18.2 Å². The van der Waals surface area contributed by atoms with Crippen LogP contribution in [0.3, 0.4) is 0 Å². The lowest BCUT2D eigenvalue weighted by molar-refractivity contribution is -0.151. The van der Waals surface area contributed by atoms with E-state index < -0.39 is 18.0 Å². The second kappa shape index (κ2) is 8.57. The molecule has 0 unspecified atom stereocenters. The highest BCUT2D eigenvalue weighted by Crippen LogP contribution is 2.31. The van der Waals surface area contributed by atoms with Crippen molar-refractivity contribution in [3.05, 3.63) is 23.8 Å². The van der Waals surface area contributed by atoms with E-state index in [9.17, 15) is 9.59 Å². The van der Waals surface area contributed by atoms with E-state index in [4.69, 9.17) is 18.9 Å². The first kappa shape index (κ1) is 18.1. The third kappa shape index (κ3) is 4.19. The van der Waals surface area contributed by atoms with Crippen molar-refractivity contribution in [3.63, 3.8) is 0 Å². The zero-order valence-electron chi connectivity index (χ0n) is 14.4. The van der Waals surface area contributed by atoms with E-state index in [-0.39, 0.29) is 5.97 Å². The summed E-state index contributed by atoms with van der Waals surface area (Å²) in [6.45, 7) is 2.38. The zero-order chi connectivity index (χ0) is 17.5. The molecule has 1 aromatic rings. The molecular weight excluding hydrogens is 312 g/mol. The Morgan fingerprint density at radius 3 is 2.54 bits per heavy atom. The number of hydrogen-bond donors (Lipinski definition) is 0. The molecule has 132 valence electrons. The van der Waals surface area contributed by atoms with Crippen molar-refractivity contribution < 1.29 is 28.5 Å². The number of hydrogen-bond acceptors (Lipinski definition) is 6. The second-order valence-electron chi connectivity index (χ2n) is 5.66. The third-order valence-corrected chi connectivity index (χ3v) is 4.16. The van der Waals surface area contributed by atoms with E-state index in [0.717, 1.165) is 12.8 Å². The van der Waals surface area contributed by atoms with Crippen LogP contribution in [0.2, 0.25) is 0 Å². The van der Waals surface area contributed by atoms with Crippen molar-refractivity contribution in [2.45, 2.75) is 38.7 Å². The number of carbonyl (C=O) groups is 2. The smallest absolute Gasteiger partial charge is 0.338 e. The highest BCUT2D eigenvalue weighted by Gasteiger charge is 2.34. The summed E-state index contributed by atoms with van der Waals surface area (Å²) in [5, 5.41) is 0. The van der Waals surface area contributed by atoms with Gasteiger partial charge in [-0.05, 0) is 44.4 Å². The molecule has 2 rings (SSSR count). The van der Waals surface area contributed by atoms with E-state index in [2.05, 4.69) is 0 Å². The van der Waals surface area contributed by atoms with Crippen molar-refractivity contribution in [2.24, 2.45) is 5.92 Å². The lowest BCUT2D eigenvalue weighted by Crippen LogP contribution is -2.36. The standard InChI is InChI=1S/C18H24O6/c1-4-23-15-10-9-12(11-16(15)21-2)17(19)24-14-8-6-5-7-13(14)18(20)22-3/h9-11,13-14H,4-8H2,1-3H3/t13-,14-/m0/s1. The quantitative estimate of drug-likeness (QED) is 0.744. The minimum Gasteiger partial charge on any atom is -0.493 e. The summed E-state index contributed by atoms with van der Waals surface area (Å²) in [6.07, 6.45) is 2.76. The number of rotatable bonds is 6. The van der Waals surface area contributed by atoms with Gasteiger partial charge in [-0.1, -0.05) is 6.42 Å². The van der Waals surface area contributed by atoms with Crippen LogP contribution in [0.1, 0.15) is 43.0 Å².